The number of rotatable bonds is 3. The highest BCUT2D eigenvalue weighted by Gasteiger charge is 2.06. The van der Waals surface area contributed by atoms with Crippen molar-refractivity contribution in [1.29, 1.82) is 5.26 Å². The Morgan fingerprint density at radius 3 is 3.00 bits per heavy atom. The van der Waals surface area contributed by atoms with Crippen molar-refractivity contribution in [2.24, 2.45) is 0 Å². The van der Waals surface area contributed by atoms with Gasteiger partial charge >= 0.3 is 0 Å². The molecule has 0 radical (unpaired) electrons. The fourth-order valence-electron chi connectivity index (χ4n) is 1.10. The lowest BCUT2D eigenvalue weighted by atomic mass is 10.1. The van der Waals surface area contributed by atoms with Crippen LogP contribution in [-0.4, -0.2) is 5.91 Å². The van der Waals surface area contributed by atoms with E-state index in [9.17, 15) is 4.79 Å². The van der Waals surface area contributed by atoms with Crippen LogP contribution >= 0.6 is 11.6 Å². The highest BCUT2D eigenvalue weighted by atomic mass is 35.5. The largest absolute Gasteiger partial charge is 0.348 e. The van der Waals surface area contributed by atoms with Crippen molar-refractivity contribution >= 4 is 17.5 Å². The maximum atomic E-state index is 10.9. The van der Waals surface area contributed by atoms with E-state index in [1.165, 1.54) is 6.08 Å². The maximum Gasteiger partial charge on any atom is 0.243 e. The van der Waals surface area contributed by atoms with Gasteiger partial charge in [-0.05, 0) is 17.7 Å². The summed E-state index contributed by atoms with van der Waals surface area (Å²) in [6.45, 7) is 3.60. The van der Waals surface area contributed by atoms with Crippen LogP contribution < -0.4 is 5.32 Å². The molecule has 0 unspecified atom stereocenters. The van der Waals surface area contributed by atoms with Gasteiger partial charge in [0.25, 0.3) is 0 Å². The lowest BCUT2D eigenvalue weighted by molar-refractivity contribution is -0.116. The molecule has 0 saturated heterocycles. The molecule has 0 spiro atoms. The van der Waals surface area contributed by atoms with Crippen molar-refractivity contribution in [3.63, 3.8) is 0 Å². The molecule has 0 aliphatic rings. The highest BCUT2D eigenvalue weighted by molar-refractivity contribution is 6.31. The van der Waals surface area contributed by atoms with Gasteiger partial charge in [-0.1, -0.05) is 30.3 Å². The Labute approximate surface area is 93.0 Å². The predicted molar refractivity (Wildman–Crippen MR) is 58.2 cm³/mol. The number of nitrogens with one attached hydrogen (secondary N) is 1. The molecule has 0 aromatic heterocycles. The first-order valence-corrected chi connectivity index (χ1v) is 4.64. The van der Waals surface area contributed by atoms with E-state index in [1.807, 2.05) is 6.07 Å². The summed E-state index contributed by atoms with van der Waals surface area (Å²) >= 11 is 5.82. The SMILES string of the molecule is C=CC(=O)NCc1cccc(Cl)c1C#N. The molecule has 15 heavy (non-hydrogen) atoms. The van der Waals surface area contributed by atoms with Gasteiger partial charge in [0.15, 0.2) is 0 Å². The van der Waals surface area contributed by atoms with Gasteiger partial charge in [-0.2, -0.15) is 5.26 Å². The van der Waals surface area contributed by atoms with E-state index >= 15 is 0 Å². The molecule has 1 aromatic carbocycles. The minimum absolute atomic E-state index is 0.272. The molecular formula is C11H9ClN2O. The number of carbonyl (C=O) groups excluding carboxylic acids is 1. The second kappa shape index (κ2) is 5.18. The molecule has 3 nitrogen and oxygen atoms in total. The molecule has 0 bridgehead atoms. The Bertz CT molecular complexity index is 435. The number of nitriles is 1. The molecule has 76 valence electrons. The van der Waals surface area contributed by atoms with Crippen LogP contribution in [0.2, 0.25) is 5.02 Å². The standard InChI is InChI=1S/C11H9ClN2O/c1-2-11(15)14-7-8-4-3-5-10(12)9(8)6-13/h2-5H,1,7H2,(H,14,15). The minimum Gasteiger partial charge on any atom is -0.348 e. The summed E-state index contributed by atoms with van der Waals surface area (Å²) in [5.74, 6) is -0.279. The first kappa shape index (κ1) is 11.3. The van der Waals surface area contributed by atoms with Gasteiger partial charge in [-0.3, -0.25) is 4.79 Å². The fraction of sp³-hybridized carbons (Fsp3) is 0.0909. The molecule has 1 N–H and O–H groups in total. The van der Waals surface area contributed by atoms with Crippen molar-refractivity contribution in [1.82, 2.24) is 5.32 Å². The fourth-order valence-corrected chi connectivity index (χ4v) is 1.33. The zero-order valence-corrected chi connectivity index (χ0v) is 8.71. The summed E-state index contributed by atoms with van der Waals surface area (Å²) in [5.41, 5.74) is 1.09. The first-order chi connectivity index (χ1) is 7.19. The molecule has 0 heterocycles. The van der Waals surface area contributed by atoms with E-state index in [4.69, 9.17) is 16.9 Å². The van der Waals surface area contributed by atoms with Gasteiger partial charge in [0.2, 0.25) is 5.91 Å². The van der Waals surface area contributed by atoms with Gasteiger partial charge in [-0.15, -0.1) is 0 Å². The van der Waals surface area contributed by atoms with Crippen LogP contribution in [0.4, 0.5) is 0 Å². The zero-order chi connectivity index (χ0) is 11.3. The third-order valence-electron chi connectivity index (χ3n) is 1.85. The van der Waals surface area contributed by atoms with Gasteiger partial charge in [0.1, 0.15) is 6.07 Å². The van der Waals surface area contributed by atoms with Gasteiger partial charge in [-0.25, -0.2) is 0 Å². The summed E-state index contributed by atoms with van der Waals surface area (Å²) in [6.07, 6.45) is 1.18. The Morgan fingerprint density at radius 1 is 1.67 bits per heavy atom. The molecule has 4 heteroatoms. The third kappa shape index (κ3) is 2.83. The molecule has 0 atom stereocenters. The Kier molecular flexibility index (Phi) is 3.90. The van der Waals surface area contributed by atoms with Crippen LogP contribution in [0.5, 0.6) is 0 Å². The molecule has 1 aromatic rings. The number of amides is 1. The minimum atomic E-state index is -0.279. The van der Waals surface area contributed by atoms with E-state index < -0.39 is 0 Å². The van der Waals surface area contributed by atoms with Crippen molar-refractivity contribution in [2.45, 2.75) is 6.54 Å². The van der Waals surface area contributed by atoms with E-state index in [2.05, 4.69) is 11.9 Å². The van der Waals surface area contributed by atoms with Gasteiger partial charge in [0, 0.05) is 6.54 Å². The van der Waals surface area contributed by atoms with Crippen molar-refractivity contribution in [2.75, 3.05) is 0 Å². The Morgan fingerprint density at radius 2 is 2.40 bits per heavy atom. The lowest BCUT2D eigenvalue weighted by Gasteiger charge is -2.05. The summed E-state index contributed by atoms with van der Waals surface area (Å²) < 4.78 is 0. The summed E-state index contributed by atoms with van der Waals surface area (Å²) in [7, 11) is 0. The van der Waals surface area contributed by atoms with Crippen molar-refractivity contribution in [3.8, 4) is 6.07 Å². The predicted octanol–water partition coefficient (Wildman–Crippen LogP) is 2.01. The van der Waals surface area contributed by atoms with Gasteiger partial charge < -0.3 is 5.32 Å². The van der Waals surface area contributed by atoms with Crippen LogP contribution in [0.3, 0.4) is 0 Å². The number of carbonyl (C=O) groups is 1. The molecule has 0 aliphatic heterocycles. The average molecular weight is 221 g/mol. The van der Waals surface area contributed by atoms with Crippen LogP contribution in [-0.2, 0) is 11.3 Å². The summed E-state index contributed by atoms with van der Waals surface area (Å²) in [5, 5.41) is 11.8. The number of benzene rings is 1. The normalized spacial score (nSPS) is 9.07. The van der Waals surface area contributed by atoms with E-state index in [0.717, 1.165) is 0 Å². The molecule has 0 fully saturated rings. The lowest BCUT2D eigenvalue weighted by Crippen LogP contribution is -2.20. The molecule has 1 amide bonds. The number of hydrogen-bond acceptors (Lipinski definition) is 2. The van der Waals surface area contributed by atoms with Crippen molar-refractivity contribution < 1.29 is 4.79 Å². The smallest absolute Gasteiger partial charge is 0.243 e. The van der Waals surface area contributed by atoms with E-state index in [-0.39, 0.29) is 12.5 Å². The quantitative estimate of drug-likeness (QED) is 0.793. The molecule has 0 saturated carbocycles. The monoisotopic (exact) mass is 220 g/mol. The van der Waals surface area contributed by atoms with Crippen molar-refractivity contribution in [3.05, 3.63) is 47.0 Å². The summed E-state index contributed by atoms with van der Waals surface area (Å²) in [6, 6.07) is 7.11. The van der Waals surface area contributed by atoms with E-state index in [0.29, 0.717) is 16.1 Å². The first-order valence-electron chi connectivity index (χ1n) is 4.26. The average Bonchev–Trinajstić information content (AvgIpc) is 2.25. The number of halogens is 1. The number of nitrogens with zero attached hydrogens (tertiary/aromatic N) is 1. The van der Waals surface area contributed by atoms with Gasteiger partial charge in [0.05, 0.1) is 10.6 Å². The molecular weight excluding hydrogens is 212 g/mol. The Balaban J connectivity index is 2.86. The number of hydrogen-bond donors (Lipinski definition) is 1. The Hall–Kier alpha value is -1.79. The second-order valence-corrected chi connectivity index (χ2v) is 3.21. The second-order valence-electron chi connectivity index (χ2n) is 2.81. The highest BCUT2D eigenvalue weighted by Crippen LogP contribution is 2.18. The maximum absolute atomic E-state index is 10.9. The molecule has 1 rings (SSSR count). The zero-order valence-electron chi connectivity index (χ0n) is 7.96. The third-order valence-corrected chi connectivity index (χ3v) is 2.17. The van der Waals surface area contributed by atoms with Crippen LogP contribution in [0, 0.1) is 11.3 Å². The topological polar surface area (TPSA) is 52.9 Å². The molecule has 0 aliphatic carbocycles. The van der Waals surface area contributed by atoms with Crippen LogP contribution in [0.1, 0.15) is 11.1 Å². The summed E-state index contributed by atoms with van der Waals surface area (Å²) in [4.78, 5) is 10.9. The van der Waals surface area contributed by atoms with Crippen LogP contribution in [0.25, 0.3) is 0 Å². The van der Waals surface area contributed by atoms with E-state index in [1.54, 1.807) is 18.2 Å². The van der Waals surface area contributed by atoms with Crippen LogP contribution in [0.15, 0.2) is 30.9 Å².